The second-order valence-electron chi connectivity index (χ2n) is 5.57. The first kappa shape index (κ1) is 15.2. The minimum atomic E-state index is -0.696. The molecule has 0 unspecified atom stereocenters. The maximum absolute atomic E-state index is 12.6. The number of aliphatic hydroxyl groups is 1. The van der Waals surface area contributed by atoms with Crippen LogP contribution < -0.4 is 11.2 Å². The number of benzene rings is 1. The lowest BCUT2D eigenvalue weighted by Crippen LogP contribution is -2.45. The molecule has 1 N–H and O–H groups in total. The zero-order valence-corrected chi connectivity index (χ0v) is 12.5. The molecule has 118 valence electrons. The van der Waals surface area contributed by atoms with Crippen LogP contribution in [0.25, 0.3) is 0 Å². The Bertz CT molecular complexity index is 893. The van der Waals surface area contributed by atoms with Crippen molar-refractivity contribution in [3.05, 3.63) is 80.6 Å². The minimum absolute atomic E-state index is 0.269. The normalized spacial score (nSPS) is 19.9. The van der Waals surface area contributed by atoms with Crippen molar-refractivity contribution in [2.24, 2.45) is 0 Å². The van der Waals surface area contributed by atoms with Crippen LogP contribution in [0.3, 0.4) is 0 Å². The van der Waals surface area contributed by atoms with Gasteiger partial charge in [-0.3, -0.25) is 14.2 Å². The number of allylic oxidation sites excluding steroid dienone is 1. The molecule has 0 bridgehead atoms. The van der Waals surface area contributed by atoms with Crippen molar-refractivity contribution in [3.8, 4) is 0 Å². The molecule has 1 heterocycles. The smallest absolute Gasteiger partial charge is 0.338 e. The van der Waals surface area contributed by atoms with Gasteiger partial charge in [0.05, 0.1) is 12.1 Å². The van der Waals surface area contributed by atoms with E-state index in [1.807, 2.05) is 0 Å². The summed E-state index contributed by atoms with van der Waals surface area (Å²) < 4.78 is 1.98. The number of carbonyl (C=O) groups excluding carboxylic acids is 1. The molecule has 0 saturated heterocycles. The number of carbonyl (C=O) groups is 1. The number of hydrogen-bond donors (Lipinski definition) is 1. The predicted molar refractivity (Wildman–Crippen MR) is 84.7 cm³/mol. The highest BCUT2D eigenvalue weighted by molar-refractivity contribution is 5.95. The zero-order chi connectivity index (χ0) is 16.6. The van der Waals surface area contributed by atoms with Crippen LogP contribution in [0.15, 0.2) is 58.3 Å². The third-order valence-electron chi connectivity index (χ3n) is 3.90. The van der Waals surface area contributed by atoms with E-state index in [1.165, 1.54) is 10.8 Å². The lowest BCUT2D eigenvalue weighted by atomic mass is 10.2. The topological polar surface area (TPSA) is 81.3 Å². The summed E-state index contributed by atoms with van der Waals surface area (Å²) in [7, 11) is 0. The highest BCUT2D eigenvalue weighted by Gasteiger charge is 2.23. The standard InChI is InChI=1S/C17H16N2O4/c1-11-10-18(13-7-8-14(20)9-13)17(23)19(15(11)21)16(22)12-5-3-2-4-6-12/h2-8,10,13-14,20H,9H2,1H3/t13-,14+/m0/s1. The first-order valence-corrected chi connectivity index (χ1v) is 7.30. The third-order valence-corrected chi connectivity index (χ3v) is 3.90. The maximum Gasteiger partial charge on any atom is 0.338 e. The molecule has 6 nitrogen and oxygen atoms in total. The summed E-state index contributed by atoms with van der Waals surface area (Å²) in [6, 6.07) is 7.83. The van der Waals surface area contributed by atoms with Crippen LogP contribution in [0.2, 0.25) is 0 Å². The molecule has 1 aromatic heterocycles. The van der Waals surface area contributed by atoms with Gasteiger partial charge in [-0.2, -0.15) is 4.57 Å². The van der Waals surface area contributed by atoms with E-state index >= 15 is 0 Å². The SMILES string of the molecule is Cc1cn([C@H]2C=C[C@@H](O)C2)c(=O)n(C(=O)c2ccccc2)c1=O. The van der Waals surface area contributed by atoms with Gasteiger partial charge in [0, 0.05) is 23.7 Å². The molecule has 1 aromatic carbocycles. The molecule has 0 aliphatic heterocycles. The lowest BCUT2D eigenvalue weighted by molar-refractivity contribution is 0.0947. The molecule has 2 aromatic rings. The predicted octanol–water partition coefficient (Wildman–Crippen LogP) is 0.869. The molecule has 1 aliphatic carbocycles. The van der Waals surface area contributed by atoms with Gasteiger partial charge in [-0.15, -0.1) is 0 Å². The third kappa shape index (κ3) is 2.68. The van der Waals surface area contributed by atoms with E-state index in [9.17, 15) is 19.5 Å². The molecule has 6 heteroatoms. The first-order chi connectivity index (χ1) is 11.0. The minimum Gasteiger partial charge on any atom is -0.389 e. The molecule has 23 heavy (non-hydrogen) atoms. The molecule has 1 aliphatic rings. The van der Waals surface area contributed by atoms with Gasteiger partial charge in [-0.05, 0) is 19.1 Å². The average molecular weight is 312 g/mol. The van der Waals surface area contributed by atoms with Gasteiger partial charge in [-0.25, -0.2) is 4.79 Å². The van der Waals surface area contributed by atoms with Crippen molar-refractivity contribution in [2.75, 3.05) is 0 Å². The van der Waals surface area contributed by atoms with Gasteiger partial charge in [-0.1, -0.05) is 30.4 Å². The van der Waals surface area contributed by atoms with Gasteiger partial charge < -0.3 is 5.11 Å². The number of aliphatic hydroxyl groups excluding tert-OH is 1. The monoisotopic (exact) mass is 312 g/mol. The molecule has 0 spiro atoms. The van der Waals surface area contributed by atoms with Crippen LogP contribution in [-0.2, 0) is 0 Å². The van der Waals surface area contributed by atoms with Crippen LogP contribution in [0.4, 0.5) is 0 Å². The van der Waals surface area contributed by atoms with Gasteiger partial charge in [0.15, 0.2) is 0 Å². The average Bonchev–Trinajstić information content (AvgIpc) is 2.98. The summed E-state index contributed by atoms with van der Waals surface area (Å²) in [4.78, 5) is 37.5. The fourth-order valence-electron chi connectivity index (χ4n) is 2.69. The molecule has 0 saturated carbocycles. The first-order valence-electron chi connectivity index (χ1n) is 7.30. The van der Waals surface area contributed by atoms with E-state index in [0.717, 1.165) is 0 Å². The summed E-state index contributed by atoms with van der Waals surface area (Å²) in [6.07, 6.45) is 4.45. The van der Waals surface area contributed by atoms with E-state index in [0.29, 0.717) is 16.6 Å². The van der Waals surface area contributed by atoms with Crippen molar-refractivity contribution >= 4 is 5.91 Å². The van der Waals surface area contributed by atoms with E-state index in [2.05, 4.69) is 0 Å². The van der Waals surface area contributed by atoms with E-state index in [4.69, 9.17) is 0 Å². The van der Waals surface area contributed by atoms with Crippen molar-refractivity contribution in [2.45, 2.75) is 25.5 Å². The Labute approximate surface area is 131 Å². The highest BCUT2D eigenvalue weighted by atomic mass is 16.3. The van der Waals surface area contributed by atoms with E-state index in [1.54, 1.807) is 49.4 Å². The van der Waals surface area contributed by atoms with Crippen LogP contribution in [0.1, 0.15) is 28.4 Å². The number of hydrogen-bond acceptors (Lipinski definition) is 4. The Morgan fingerprint density at radius 3 is 2.48 bits per heavy atom. The van der Waals surface area contributed by atoms with Crippen LogP contribution >= 0.6 is 0 Å². The Morgan fingerprint density at radius 1 is 1.17 bits per heavy atom. The quantitative estimate of drug-likeness (QED) is 0.834. The largest absolute Gasteiger partial charge is 0.389 e. The maximum atomic E-state index is 12.6. The molecular weight excluding hydrogens is 296 g/mol. The van der Waals surface area contributed by atoms with E-state index in [-0.39, 0.29) is 11.6 Å². The molecular formula is C17H16N2O4. The fourth-order valence-corrected chi connectivity index (χ4v) is 2.69. The van der Waals surface area contributed by atoms with Gasteiger partial charge in [0.2, 0.25) is 0 Å². The Morgan fingerprint density at radius 2 is 1.87 bits per heavy atom. The van der Waals surface area contributed by atoms with Gasteiger partial charge >= 0.3 is 5.69 Å². The number of aryl methyl sites for hydroxylation is 1. The van der Waals surface area contributed by atoms with Gasteiger partial charge in [0.1, 0.15) is 0 Å². The van der Waals surface area contributed by atoms with Crippen molar-refractivity contribution in [3.63, 3.8) is 0 Å². The number of nitrogens with zero attached hydrogens (tertiary/aromatic N) is 2. The summed E-state index contributed by atoms with van der Waals surface area (Å²) in [5.74, 6) is -0.652. The molecule has 3 rings (SSSR count). The van der Waals surface area contributed by atoms with Crippen LogP contribution in [0.5, 0.6) is 0 Å². The molecule has 0 radical (unpaired) electrons. The number of rotatable bonds is 2. The van der Waals surface area contributed by atoms with E-state index < -0.39 is 23.3 Å². The summed E-state index contributed by atoms with van der Waals surface area (Å²) >= 11 is 0. The second-order valence-corrected chi connectivity index (χ2v) is 5.57. The molecule has 0 amide bonds. The van der Waals surface area contributed by atoms with Crippen molar-refractivity contribution < 1.29 is 9.90 Å². The second kappa shape index (κ2) is 5.81. The van der Waals surface area contributed by atoms with Crippen LogP contribution in [-0.4, -0.2) is 26.3 Å². The van der Waals surface area contributed by atoms with Crippen molar-refractivity contribution in [1.82, 2.24) is 9.13 Å². The highest BCUT2D eigenvalue weighted by Crippen LogP contribution is 2.21. The Balaban J connectivity index is 2.16. The summed E-state index contributed by atoms with van der Waals surface area (Å²) in [5.41, 5.74) is -0.754. The molecule has 2 atom stereocenters. The summed E-state index contributed by atoms with van der Waals surface area (Å²) in [6.45, 7) is 1.56. The molecule has 0 fully saturated rings. The summed E-state index contributed by atoms with van der Waals surface area (Å²) in [5, 5.41) is 9.59. The lowest BCUT2D eigenvalue weighted by Gasteiger charge is -2.15. The fraction of sp³-hybridized carbons (Fsp3) is 0.235. The Hall–Kier alpha value is -2.73. The van der Waals surface area contributed by atoms with Crippen molar-refractivity contribution in [1.29, 1.82) is 0 Å². The zero-order valence-electron chi connectivity index (χ0n) is 12.5. The number of aromatic nitrogens is 2. The Kier molecular flexibility index (Phi) is 3.83. The van der Waals surface area contributed by atoms with Gasteiger partial charge in [0.25, 0.3) is 11.5 Å². The van der Waals surface area contributed by atoms with Crippen LogP contribution in [0, 0.1) is 6.92 Å².